The van der Waals surface area contributed by atoms with Crippen molar-refractivity contribution in [2.45, 2.75) is 19.4 Å². The summed E-state index contributed by atoms with van der Waals surface area (Å²) in [4.78, 5) is 25.6. The number of amides is 1. The van der Waals surface area contributed by atoms with Crippen molar-refractivity contribution in [1.29, 1.82) is 0 Å². The molecule has 10 heteroatoms. The number of ether oxygens (including phenoxy) is 1. The van der Waals surface area contributed by atoms with E-state index in [-0.39, 0.29) is 10.9 Å². The monoisotopic (exact) mass is 566 g/mol. The zero-order valence-electron chi connectivity index (χ0n) is 23.5. The molecular weight excluding hydrogens is 531 g/mol. The van der Waals surface area contributed by atoms with Crippen LogP contribution in [0.2, 0.25) is 5.02 Å². The fourth-order valence-corrected chi connectivity index (χ4v) is 4.48. The molecule has 1 saturated heterocycles. The van der Waals surface area contributed by atoms with E-state index in [0.717, 1.165) is 39.3 Å². The molecule has 40 heavy (non-hydrogen) atoms. The minimum Gasteiger partial charge on any atom is -0.383 e. The van der Waals surface area contributed by atoms with Crippen molar-refractivity contribution in [3.05, 3.63) is 65.0 Å². The van der Waals surface area contributed by atoms with Gasteiger partial charge in [-0.2, -0.15) is 0 Å². The summed E-state index contributed by atoms with van der Waals surface area (Å²) in [5.74, 6) is 6.18. The Morgan fingerprint density at radius 3 is 2.55 bits per heavy atom. The lowest BCUT2D eigenvalue weighted by molar-refractivity contribution is -0.111. The van der Waals surface area contributed by atoms with Crippen LogP contribution in [0.5, 0.6) is 0 Å². The highest BCUT2D eigenvalue weighted by Crippen LogP contribution is 2.30. The van der Waals surface area contributed by atoms with E-state index in [9.17, 15) is 9.18 Å². The molecule has 0 spiro atoms. The van der Waals surface area contributed by atoms with Crippen LogP contribution in [0, 0.1) is 17.7 Å². The molecule has 0 unspecified atom stereocenters. The number of anilines is 2. The van der Waals surface area contributed by atoms with Crippen LogP contribution in [0.3, 0.4) is 0 Å². The van der Waals surface area contributed by atoms with Crippen LogP contribution < -0.4 is 10.6 Å². The van der Waals surface area contributed by atoms with Gasteiger partial charge in [-0.15, -0.1) is 0 Å². The molecule has 0 radical (unpaired) electrons. The van der Waals surface area contributed by atoms with Gasteiger partial charge in [-0.25, -0.2) is 4.39 Å². The average molecular weight is 567 g/mol. The van der Waals surface area contributed by atoms with E-state index < -0.39 is 11.4 Å². The van der Waals surface area contributed by atoms with Gasteiger partial charge in [-0.3, -0.25) is 24.6 Å². The van der Waals surface area contributed by atoms with Crippen LogP contribution in [-0.4, -0.2) is 87.3 Å². The van der Waals surface area contributed by atoms with Crippen LogP contribution in [-0.2, 0) is 9.53 Å². The van der Waals surface area contributed by atoms with Crippen molar-refractivity contribution in [3.63, 3.8) is 0 Å². The SMILES string of the molecule is C=CC(=O)Nc1cc(C(=NC)Nc2ccc(F)c(Cl)c2)c(N=C)cc1C#CC(C)(C)N1CCN(CCOC)CC1. The lowest BCUT2D eigenvalue weighted by Crippen LogP contribution is -2.54. The van der Waals surface area contributed by atoms with Gasteiger partial charge in [0.2, 0.25) is 5.91 Å². The number of hydrogen-bond acceptors (Lipinski definition) is 6. The molecule has 1 fully saturated rings. The maximum Gasteiger partial charge on any atom is 0.247 e. The van der Waals surface area contributed by atoms with Gasteiger partial charge < -0.3 is 15.4 Å². The molecule has 8 nitrogen and oxygen atoms in total. The standard InChI is InChI=1S/C30H36ClFN6O2/c1-7-28(39)36-26-20-23(29(34-5)35-22-8-9-25(32)24(31)19-22)27(33-4)18-21(26)10-11-30(2,3)38-14-12-37(13-15-38)16-17-40-6/h7-9,18-20H,1,4,12-17H2,2-3,5-6H3,(H,34,35)(H,36,39). The fraction of sp³-hybridized carbons (Fsp3) is 0.367. The number of hydrogen-bond donors (Lipinski definition) is 2. The van der Waals surface area contributed by atoms with E-state index in [1.54, 1.807) is 32.4 Å². The van der Waals surface area contributed by atoms with E-state index >= 15 is 0 Å². The number of rotatable bonds is 9. The third-order valence-electron chi connectivity index (χ3n) is 6.69. The lowest BCUT2D eigenvalue weighted by Gasteiger charge is -2.41. The third-order valence-corrected chi connectivity index (χ3v) is 6.98. The maximum atomic E-state index is 13.7. The molecule has 0 aliphatic carbocycles. The van der Waals surface area contributed by atoms with Crippen molar-refractivity contribution in [3.8, 4) is 11.8 Å². The Balaban J connectivity index is 1.94. The molecule has 1 aliphatic heterocycles. The number of amidine groups is 1. The summed E-state index contributed by atoms with van der Waals surface area (Å²) in [6.45, 7) is 16.8. The molecule has 1 amide bonds. The largest absolute Gasteiger partial charge is 0.383 e. The van der Waals surface area contributed by atoms with E-state index in [2.05, 4.69) is 69.4 Å². The predicted molar refractivity (Wildman–Crippen MR) is 163 cm³/mol. The summed E-state index contributed by atoms with van der Waals surface area (Å²) in [5, 5.41) is 5.96. The molecule has 2 aromatic carbocycles. The number of aliphatic imine (C=N–C) groups is 2. The van der Waals surface area contributed by atoms with Crippen molar-refractivity contribution in [1.82, 2.24) is 9.80 Å². The number of methoxy groups -OCH3 is 1. The fourth-order valence-electron chi connectivity index (χ4n) is 4.30. The minimum absolute atomic E-state index is 0.0221. The second-order valence-electron chi connectivity index (χ2n) is 9.72. The highest BCUT2D eigenvalue weighted by Gasteiger charge is 2.28. The van der Waals surface area contributed by atoms with E-state index in [1.165, 1.54) is 18.2 Å². The average Bonchev–Trinajstić information content (AvgIpc) is 2.95. The second-order valence-corrected chi connectivity index (χ2v) is 10.1. The first kappa shape index (κ1) is 31.0. The van der Waals surface area contributed by atoms with E-state index in [4.69, 9.17) is 16.3 Å². The van der Waals surface area contributed by atoms with Gasteiger partial charge in [0.15, 0.2) is 0 Å². The Bertz CT molecular complexity index is 1340. The van der Waals surface area contributed by atoms with Gasteiger partial charge in [0.25, 0.3) is 0 Å². The molecule has 212 valence electrons. The molecule has 0 saturated carbocycles. The van der Waals surface area contributed by atoms with Gasteiger partial charge in [0.1, 0.15) is 11.7 Å². The maximum absolute atomic E-state index is 13.7. The van der Waals surface area contributed by atoms with Crippen molar-refractivity contribution >= 4 is 47.1 Å². The Morgan fingerprint density at radius 2 is 1.95 bits per heavy atom. The molecular formula is C30H36ClFN6O2. The molecule has 0 atom stereocenters. The molecule has 0 bridgehead atoms. The van der Waals surface area contributed by atoms with Gasteiger partial charge in [-0.1, -0.05) is 30.0 Å². The van der Waals surface area contributed by atoms with E-state index in [0.29, 0.717) is 34.0 Å². The number of benzene rings is 2. The van der Waals surface area contributed by atoms with Gasteiger partial charge in [0.05, 0.1) is 34.1 Å². The Kier molecular flexibility index (Phi) is 11.0. The minimum atomic E-state index is -0.524. The van der Waals surface area contributed by atoms with Crippen LogP contribution in [0.4, 0.5) is 21.5 Å². The zero-order valence-corrected chi connectivity index (χ0v) is 24.2. The molecule has 1 heterocycles. The molecule has 2 N–H and O–H groups in total. The van der Waals surface area contributed by atoms with Crippen LogP contribution in [0.15, 0.2) is 53.0 Å². The summed E-state index contributed by atoms with van der Waals surface area (Å²) in [6.07, 6.45) is 1.19. The van der Waals surface area contributed by atoms with Crippen molar-refractivity contribution in [2.75, 3.05) is 64.1 Å². The first-order chi connectivity index (χ1) is 19.1. The Morgan fingerprint density at radius 1 is 1.23 bits per heavy atom. The summed E-state index contributed by atoms with van der Waals surface area (Å²) in [5.41, 5.74) is 2.24. The summed E-state index contributed by atoms with van der Waals surface area (Å²) in [7, 11) is 3.32. The normalized spacial score (nSPS) is 14.7. The van der Waals surface area contributed by atoms with Gasteiger partial charge in [-0.05, 0) is 57.0 Å². The number of carbonyl (C=O) groups is 1. The van der Waals surface area contributed by atoms with Gasteiger partial charge in [0, 0.05) is 58.1 Å². The number of carbonyl (C=O) groups excluding carboxylic acids is 1. The predicted octanol–water partition coefficient (Wildman–Crippen LogP) is 4.82. The molecule has 1 aliphatic rings. The van der Waals surface area contributed by atoms with Crippen molar-refractivity contribution in [2.24, 2.45) is 9.98 Å². The molecule has 3 rings (SSSR count). The topological polar surface area (TPSA) is 81.6 Å². The second kappa shape index (κ2) is 14.2. The smallest absolute Gasteiger partial charge is 0.247 e. The number of nitrogens with one attached hydrogen (secondary N) is 2. The Labute approximate surface area is 241 Å². The van der Waals surface area contributed by atoms with Crippen LogP contribution in [0.1, 0.15) is 25.0 Å². The Hall–Kier alpha value is -3.55. The zero-order chi connectivity index (χ0) is 29.3. The molecule has 0 aromatic heterocycles. The first-order valence-electron chi connectivity index (χ1n) is 12.9. The number of piperazine rings is 1. The van der Waals surface area contributed by atoms with Crippen molar-refractivity contribution < 1.29 is 13.9 Å². The number of nitrogens with zero attached hydrogens (tertiary/aromatic N) is 4. The van der Waals surface area contributed by atoms with Crippen LogP contribution >= 0.6 is 11.6 Å². The van der Waals surface area contributed by atoms with Crippen LogP contribution in [0.25, 0.3) is 0 Å². The number of halogens is 2. The summed E-state index contributed by atoms with van der Waals surface area (Å²) < 4.78 is 18.9. The third kappa shape index (κ3) is 7.99. The highest BCUT2D eigenvalue weighted by molar-refractivity contribution is 6.31. The quantitative estimate of drug-likeness (QED) is 0.197. The van der Waals surface area contributed by atoms with Gasteiger partial charge >= 0.3 is 0 Å². The highest BCUT2D eigenvalue weighted by atomic mass is 35.5. The summed E-state index contributed by atoms with van der Waals surface area (Å²) >= 11 is 5.95. The van der Waals surface area contributed by atoms with E-state index in [1.807, 2.05) is 0 Å². The lowest BCUT2D eigenvalue weighted by atomic mass is 10.00. The molecule has 2 aromatic rings. The summed E-state index contributed by atoms with van der Waals surface area (Å²) in [6, 6.07) is 7.77. The first-order valence-corrected chi connectivity index (χ1v) is 13.3.